The monoisotopic (exact) mass is 193 g/mol. The molecule has 0 amide bonds. The molecule has 2 unspecified atom stereocenters. The molecule has 2 rings (SSSR count). The Morgan fingerprint density at radius 3 is 2.93 bits per heavy atom. The van der Waals surface area contributed by atoms with Crippen LogP contribution in [0.3, 0.4) is 0 Å². The summed E-state index contributed by atoms with van der Waals surface area (Å²) >= 11 is 0. The average Bonchev–Trinajstić information content (AvgIpc) is 2.68. The van der Waals surface area contributed by atoms with E-state index in [1.807, 2.05) is 6.20 Å². The molecule has 2 atom stereocenters. The van der Waals surface area contributed by atoms with Crippen LogP contribution in [-0.4, -0.2) is 16.1 Å². The van der Waals surface area contributed by atoms with Crippen LogP contribution in [0.4, 0.5) is 5.95 Å². The number of nitrogens with zero attached hydrogens (tertiary/aromatic N) is 2. The molecule has 0 bridgehead atoms. The van der Waals surface area contributed by atoms with Gasteiger partial charge in [0.05, 0.1) is 0 Å². The summed E-state index contributed by atoms with van der Waals surface area (Å²) in [6.45, 7) is 7.70. The molecule has 3 nitrogen and oxygen atoms in total. The zero-order valence-electron chi connectivity index (χ0n) is 9.20. The molecule has 0 aliphatic heterocycles. The number of anilines is 1. The van der Waals surface area contributed by atoms with E-state index >= 15 is 0 Å². The maximum atomic E-state index is 4.34. The highest BCUT2D eigenvalue weighted by molar-refractivity contribution is 5.28. The standard InChI is InChI=1S/C11H19N3/c1-8(2)7-13-11-12-4-5-14(11)10-6-9(10)3/h4-5,8-10H,6-7H2,1-3H3,(H,12,13). The molecule has 3 heteroatoms. The van der Waals surface area contributed by atoms with Crippen molar-refractivity contribution in [2.75, 3.05) is 11.9 Å². The second kappa shape index (κ2) is 3.64. The van der Waals surface area contributed by atoms with Gasteiger partial charge in [-0.05, 0) is 18.3 Å². The SMILES string of the molecule is CC(C)CNc1nccn1C1CC1C. The van der Waals surface area contributed by atoms with Crippen molar-refractivity contribution in [2.45, 2.75) is 33.2 Å². The highest BCUT2D eigenvalue weighted by atomic mass is 15.2. The normalized spacial score (nSPS) is 25.4. The van der Waals surface area contributed by atoms with Crippen molar-refractivity contribution < 1.29 is 0 Å². The van der Waals surface area contributed by atoms with Gasteiger partial charge in [0.2, 0.25) is 5.95 Å². The molecule has 0 saturated heterocycles. The number of hydrogen-bond donors (Lipinski definition) is 1. The third-order valence-electron chi connectivity index (χ3n) is 2.76. The number of rotatable bonds is 4. The van der Waals surface area contributed by atoms with Gasteiger partial charge in [0, 0.05) is 25.0 Å². The molecule has 1 saturated carbocycles. The van der Waals surface area contributed by atoms with Crippen LogP contribution >= 0.6 is 0 Å². The second-order valence-electron chi connectivity index (χ2n) is 4.71. The summed E-state index contributed by atoms with van der Waals surface area (Å²) in [5.74, 6) is 2.52. The second-order valence-corrected chi connectivity index (χ2v) is 4.71. The predicted molar refractivity (Wildman–Crippen MR) is 58.4 cm³/mol. The van der Waals surface area contributed by atoms with Gasteiger partial charge in [0.25, 0.3) is 0 Å². The van der Waals surface area contributed by atoms with E-state index in [-0.39, 0.29) is 0 Å². The fraction of sp³-hybridized carbons (Fsp3) is 0.727. The Kier molecular flexibility index (Phi) is 2.48. The number of nitrogens with one attached hydrogen (secondary N) is 1. The van der Waals surface area contributed by atoms with E-state index < -0.39 is 0 Å². The van der Waals surface area contributed by atoms with Crippen molar-refractivity contribution in [3.63, 3.8) is 0 Å². The average molecular weight is 193 g/mol. The summed E-state index contributed by atoms with van der Waals surface area (Å²) in [6, 6.07) is 0.687. The van der Waals surface area contributed by atoms with Gasteiger partial charge >= 0.3 is 0 Å². The smallest absolute Gasteiger partial charge is 0.203 e. The molecule has 1 fully saturated rings. The molecule has 0 aromatic carbocycles. The third kappa shape index (κ3) is 1.91. The van der Waals surface area contributed by atoms with Gasteiger partial charge in [0.15, 0.2) is 0 Å². The van der Waals surface area contributed by atoms with Gasteiger partial charge in [0.1, 0.15) is 0 Å². The molecule has 0 spiro atoms. The summed E-state index contributed by atoms with van der Waals surface area (Å²) in [6.07, 6.45) is 5.26. The first-order valence-corrected chi connectivity index (χ1v) is 5.45. The van der Waals surface area contributed by atoms with Gasteiger partial charge in [-0.25, -0.2) is 4.98 Å². The molecular weight excluding hydrogens is 174 g/mol. The van der Waals surface area contributed by atoms with Crippen LogP contribution < -0.4 is 5.32 Å². The zero-order valence-corrected chi connectivity index (χ0v) is 9.20. The van der Waals surface area contributed by atoms with Crippen molar-refractivity contribution in [2.24, 2.45) is 11.8 Å². The van der Waals surface area contributed by atoms with Crippen LogP contribution in [0.5, 0.6) is 0 Å². The van der Waals surface area contributed by atoms with E-state index in [1.165, 1.54) is 6.42 Å². The van der Waals surface area contributed by atoms with Crippen molar-refractivity contribution in [3.8, 4) is 0 Å². The lowest BCUT2D eigenvalue weighted by molar-refractivity contribution is 0.656. The fourth-order valence-electron chi connectivity index (χ4n) is 1.70. The van der Waals surface area contributed by atoms with Gasteiger partial charge in [-0.1, -0.05) is 20.8 Å². The highest BCUT2D eigenvalue weighted by Crippen LogP contribution is 2.43. The Bertz CT molecular complexity index is 303. The van der Waals surface area contributed by atoms with Gasteiger partial charge in [-0.15, -0.1) is 0 Å². The van der Waals surface area contributed by atoms with E-state index in [0.29, 0.717) is 12.0 Å². The molecule has 1 aromatic rings. The summed E-state index contributed by atoms with van der Waals surface area (Å²) in [4.78, 5) is 4.34. The summed E-state index contributed by atoms with van der Waals surface area (Å²) in [7, 11) is 0. The number of aromatic nitrogens is 2. The van der Waals surface area contributed by atoms with Crippen LogP contribution in [0, 0.1) is 11.8 Å². The number of hydrogen-bond acceptors (Lipinski definition) is 2. The van der Waals surface area contributed by atoms with E-state index in [4.69, 9.17) is 0 Å². The van der Waals surface area contributed by atoms with Gasteiger partial charge < -0.3 is 9.88 Å². The van der Waals surface area contributed by atoms with Crippen molar-refractivity contribution in [1.82, 2.24) is 9.55 Å². The van der Waals surface area contributed by atoms with Crippen LogP contribution in [0.2, 0.25) is 0 Å². The van der Waals surface area contributed by atoms with Crippen LogP contribution in [0.25, 0.3) is 0 Å². The van der Waals surface area contributed by atoms with Gasteiger partial charge in [-0.3, -0.25) is 0 Å². The lowest BCUT2D eigenvalue weighted by atomic mass is 10.2. The molecule has 1 N–H and O–H groups in total. The Balaban J connectivity index is 1.99. The van der Waals surface area contributed by atoms with Crippen molar-refractivity contribution >= 4 is 5.95 Å². The van der Waals surface area contributed by atoms with Gasteiger partial charge in [-0.2, -0.15) is 0 Å². The molecule has 1 aliphatic rings. The lowest BCUT2D eigenvalue weighted by Gasteiger charge is -2.10. The van der Waals surface area contributed by atoms with E-state index in [9.17, 15) is 0 Å². The zero-order chi connectivity index (χ0) is 10.1. The van der Waals surface area contributed by atoms with E-state index in [2.05, 4.69) is 41.8 Å². The van der Waals surface area contributed by atoms with Crippen LogP contribution in [0.1, 0.15) is 33.2 Å². The molecule has 78 valence electrons. The Hall–Kier alpha value is -0.990. The Morgan fingerprint density at radius 1 is 1.64 bits per heavy atom. The maximum absolute atomic E-state index is 4.34. The third-order valence-corrected chi connectivity index (χ3v) is 2.76. The van der Waals surface area contributed by atoms with E-state index in [1.54, 1.807) is 0 Å². The van der Waals surface area contributed by atoms with Crippen LogP contribution in [0.15, 0.2) is 12.4 Å². The number of imidazole rings is 1. The minimum absolute atomic E-state index is 0.664. The lowest BCUT2D eigenvalue weighted by Crippen LogP contribution is -2.12. The summed E-state index contributed by atoms with van der Waals surface area (Å²) < 4.78 is 2.27. The minimum atomic E-state index is 0.664. The first-order valence-electron chi connectivity index (χ1n) is 5.45. The van der Waals surface area contributed by atoms with Crippen LogP contribution in [-0.2, 0) is 0 Å². The quantitative estimate of drug-likeness (QED) is 0.796. The molecule has 1 aromatic heterocycles. The fourth-order valence-corrected chi connectivity index (χ4v) is 1.70. The molecule has 14 heavy (non-hydrogen) atoms. The molecule has 0 radical (unpaired) electrons. The molecular formula is C11H19N3. The minimum Gasteiger partial charge on any atom is -0.355 e. The van der Waals surface area contributed by atoms with Crippen molar-refractivity contribution in [1.29, 1.82) is 0 Å². The van der Waals surface area contributed by atoms with E-state index in [0.717, 1.165) is 18.4 Å². The highest BCUT2D eigenvalue weighted by Gasteiger charge is 2.35. The summed E-state index contributed by atoms with van der Waals surface area (Å²) in [5, 5.41) is 3.39. The predicted octanol–water partition coefficient (Wildman–Crippen LogP) is 2.53. The summed E-state index contributed by atoms with van der Waals surface area (Å²) in [5.41, 5.74) is 0. The maximum Gasteiger partial charge on any atom is 0.203 e. The largest absolute Gasteiger partial charge is 0.355 e. The first-order chi connectivity index (χ1) is 6.68. The molecule has 1 heterocycles. The topological polar surface area (TPSA) is 29.9 Å². The molecule has 1 aliphatic carbocycles. The van der Waals surface area contributed by atoms with Crippen molar-refractivity contribution in [3.05, 3.63) is 12.4 Å². The Labute approximate surface area is 85.5 Å². The first kappa shape index (κ1) is 9.56. The Morgan fingerprint density at radius 2 is 2.36 bits per heavy atom.